The van der Waals surface area contributed by atoms with Gasteiger partial charge in [-0.2, -0.15) is 17.5 Å². The maximum absolute atomic E-state index is 12.9. The summed E-state index contributed by atoms with van der Waals surface area (Å²) < 4.78 is 63.2. The highest BCUT2D eigenvalue weighted by atomic mass is 32.2. The number of fused-ring (bicyclic) bond motifs is 1. The number of halogens is 3. The zero-order valence-electron chi connectivity index (χ0n) is 16.8. The number of ether oxygens (including phenoxy) is 1. The summed E-state index contributed by atoms with van der Waals surface area (Å²) in [5.74, 6) is -2.90. The van der Waals surface area contributed by atoms with Gasteiger partial charge >= 0.3 is 12.1 Å². The molecule has 2 atom stereocenters. The van der Waals surface area contributed by atoms with Gasteiger partial charge in [0.1, 0.15) is 0 Å². The highest BCUT2D eigenvalue weighted by Crippen LogP contribution is 2.27. The number of carbonyl (C=O) groups is 2. The van der Waals surface area contributed by atoms with Crippen LogP contribution in [0.15, 0.2) is 24.5 Å². The van der Waals surface area contributed by atoms with E-state index in [0.717, 1.165) is 5.56 Å². The number of sulfonamides is 1. The monoisotopic (exact) mass is 467 g/mol. The van der Waals surface area contributed by atoms with Gasteiger partial charge in [-0.15, -0.1) is 0 Å². The van der Waals surface area contributed by atoms with E-state index in [1.54, 1.807) is 24.2 Å². The van der Waals surface area contributed by atoms with Crippen LogP contribution in [0.5, 0.6) is 0 Å². The van der Waals surface area contributed by atoms with E-state index in [4.69, 9.17) is 14.6 Å². The molecule has 1 aromatic heterocycles. The molecule has 2 saturated heterocycles. The molecule has 0 aliphatic carbocycles. The van der Waals surface area contributed by atoms with Crippen LogP contribution in [0.2, 0.25) is 0 Å². The standard InChI is InChI=1S/C16H23N3O4S.C2HF3O2/c1-2-24(21,22)19-7-5-14-15(12-19)23-9-8-18(16(14)20)11-13-4-3-6-17-10-13;3-2(4,5)1(6)7/h3-4,6,10,14-15H,2,5,7-9,11-12H2,1H3;(H,6,7)/t14-,15+;/m1./s1. The predicted molar refractivity (Wildman–Crippen MR) is 102 cm³/mol. The average molecular weight is 467 g/mol. The van der Waals surface area contributed by atoms with Crippen LogP contribution in [0.4, 0.5) is 13.2 Å². The van der Waals surface area contributed by atoms with Crippen LogP contribution in [-0.4, -0.2) is 83.9 Å². The first kappa shape index (κ1) is 25.0. The Balaban J connectivity index is 0.000000423. The van der Waals surface area contributed by atoms with Gasteiger partial charge in [-0.05, 0) is 25.0 Å². The lowest BCUT2D eigenvalue weighted by Gasteiger charge is -2.36. The third-order valence-corrected chi connectivity index (χ3v) is 6.79. The van der Waals surface area contributed by atoms with E-state index >= 15 is 0 Å². The van der Waals surface area contributed by atoms with Crippen LogP contribution < -0.4 is 0 Å². The second-order valence-corrected chi connectivity index (χ2v) is 9.24. The SMILES string of the molecule is CCS(=O)(=O)N1CC[C@H]2C(=O)N(Cc3cccnc3)CCO[C@H]2C1.O=C(O)C(F)(F)F. The summed E-state index contributed by atoms with van der Waals surface area (Å²) >= 11 is 0. The van der Waals surface area contributed by atoms with Crippen LogP contribution in [0.3, 0.4) is 0 Å². The number of hydrogen-bond acceptors (Lipinski definition) is 6. The van der Waals surface area contributed by atoms with Gasteiger partial charge in [-0.3, -0.25) is 9.78 Å². The van der Waals surface area contributed by atoms with E-state index in [1.807, 2.05) is 12.1 Å². The van der Waals surface area contributed by atoms with Crippen LogP contribution in [-0.2, 0) is 30.9 Å². The van der Waals surface area contributed by atoms with Gasteiger partial charge in [0, 0.05) is 38.6 Å². The summed E-state index contributed by atoms with van der Waals surface area (Å²) in [6, 6.07) is 3.80. The molecule has 0 bridgehead atoms. The van der Waals surface area contributed by atoms with Crippen LogP contribution in [0.25, 0.3) is 0 Å². The van der Waals surface area contributed by atoms with Gasteiger partial charge in [0.25, 0.3) is 0 Å². The topological polar surface area (TPSA) is 117 Å². The first-order chi connectivity index (χ1) is 14.5. The number of aromatic nitrogens is 1. The zero-order valence-corrected chi connectivity index (χ0v) is 17.6. The van der Waals surface area contributed by atoms with Crippen molar-refractivity contribution >= 4 is 21.9 Å². The molecule has 1 amide bonds. The lowest BCUT2D eigenvalue weighted by Crippen LogP contribution is -2.51. The number of alkyl halides is 3. The van der Waals surface area contributed by atoms with Crippen molar-refractivity contribution in [3.63, 3.8) is 0 Å². The molecule has 2 aliphatic rings. The Bertz CT molecular complexity index is 866. The summed E-state index contributed by atoms with van der Waals surface area (Å²) in [6.45, 7) is 3.74. The first-order valence-corrected chi connectivity index (χ1v) is 11.1. The molecule has 1 N–H and O–H groups in total. The third-order valence-electron chi connectivity index (χ3n) is 4.94. The van der Waals surface area contributed by atoms with Crippen molar-refractivity contribution in [3.05, 3.63) is 30.1 Å². The lowest BCUT2D eigenvalue weighted by atomic mass is 9.93. The Labute approximate surface area is 177 Å². The van der Waals surface area contributed by atoms with Crippen molar-refractivity contribution in [1.82, 2.24) is 14.2 Å². The van der Waals surface area contributed by atoms with Crippen molar-refractivity contribution in [2.75, 3.05) is 32.0 Å². The Morgan fingerprint density at radius 3 is 2.58 bits per heavy atom. The summed E-state index contributed by atoms with van der Waals surface area (Å²) in [7, 11) is -3.24. The van der Waals surface area contributed by atoms with Gasteiger partial charge in [-0.25, -0.2) is 13.2 Å². The summed E-state index contributed by atoms with van der Waals surface area (Å²) in [5.41, 5.74) is 0.982. The molecule has 3 rings (SSSR count). The molecule has 2 fully saturated rings. The highest BCUT2D eigenvalue weighted by molar-refractivity contribution is 7.89. The van der Waals surface area contributed by atoms with Crippen LogP contribution in [0, 0.1) is 5.92 Å². The van der Waals surface area contributed by atoms with Crippen LogP contribution in [0.1, 0.15) is 18.9 Å². The number of hydrogen-bond donors (Lipinski definition) is 1. The quantitative estimate of drug-likeness (QED) is 0.705. The Morgan fingerprint density at radius 2 is 2.03 bits per heavy atom. The van der Waals surface area contributed by atoms with Crippen molar-refractivity contribution in [2.45, 2.75) is 32.2 Å². The van der Waals surface area contributed by atoms with Gasteiger partial charge in [-0.1, -0.05) is 6.07 Å². The number of rotatable bonds is 4. The molecule has 1 aromatic rings. The van der Waals surface area contributed by atoms with E-state index in [2.05, 4.69) is 4.98 Å². The van der Waals surface area contributed by atoms with Gasteiger partial charge in [0.2, 0.25) is 15.9 Å². The largest absolute Gasteiger partial charge is 0.490 e. The average Bonchev–Trinajstić information content (AvgIpc) is 2.87. The number of nitrogens with zero attached hydrogens (tertiary/aromatic N) is 3. The predicted octanol–water partition coefficient (Wildman–Crippen LogP) is 1.11. The lowest BCUT2D eigenvalue weighted by molar-refractivity contribution is -0.192. The first-order valence-electron chi connectivity index (χ1n) is 9.53. The van der Waals surface area contributed by atoms with Gasteiger partial charge in [0.05, 0.1) is 24.4 Å². The molecule has 174 valence electrons. The fourth-order valence-electron chi connectivity index (χ4n) is 3.30. The molecule has 0 saturated carbocycles. The molecular weight excluding hydrogens is 443 g/mol. The number of carbonyl (C=O) groups excluding carboxylic acids is 1. The Kier molecular flexibility index (Phi) is 8.37. The molecular formula is C18H24F3N3O6S. The maximum atomic E-state index is 12.9. The van der Waals surface area contributed by atoms with E-state index in [-0.39, 0.29) is 30.2 Å². The Hall–Kier alpha value is -2.25. The fraction of sp³-hybridized carbons (Fsp3) is 0.611. The molecule has 9 nitrogen and oxygen atoms in total. The second kappa shape index (κ2) is 10.4. The minimum absolute atomic E-state index is 0.0508. The molecule has 2 aliphatic heterocycles. The highest BCUT2D eigenvalue weighted by Gasteiger charge is 2.41. The van der Waals surface area contributed by atoms with E-state index < -0.39 is 22.2 Å². The summed E-state index contributed by atoms with van der Waals surface area (Å²) in [6.07, 6.45) is -1.47. The van der Waals surface area contributed by atoms with Crippen molar-refractivity contribution in [1.29, 1.82) is 0 Å². The van der Waals surface area contributed by atoms with E-state index in [9.17, 15) is 26.4 Å². The number of carboxylic acids is 1. The number of carboxylic acid groups (broad SMARTS) is 1. The van der Waals surface area contributed by atoms with Gasteiger partial charge < -0.3 is 14.7 Å². The number of aliphatic carboxylic acids is 1. The van der Waals surface area contributed by atoms with E-state index in [0.29, 0.717) is 32.7 Å². The molecule has 13 heteroatoms. The normalized spacial score (nSPS) is 22.7. The smallest absolute Gasteiger partial charge is 0.475 e. The second-order valence-electron chi connectivity index (χ2n) is 6.99. The molecule has 31 heavy (non-hydrogen) atoms. The van der Waals surface area contributed by atoms with Crippen molar-refractivity contribution in [3.8, 4) is 0 Å². The third kappa shape index (κ3) is 6.87. The summed E-state index contributed by atoms with van der Waals surface area (Å²) in [5, 5.41) is 7.12. The van der Waals surface area contributed by atoms with Crippen molar-refractivity contribution < 1.29 is 41.0 Å². The minimum Gasteiger partial charge on any atom is -0.475 e. The molecule has 0 radical (unpaired) electrons. The van der Waals surface area contributed by atoms with Crippen LogP contribution >= 0.6 is 0 Å². The minimum atomic E-state index is -5.08. The molecule has 0 spiro atoms. The molecule has 3 heterocycles. The molecule has 0 aromatic carbocycles. The fourth-order valence-corrected chi connectivity index (χ4v) is 4.43. The maximum Gasteiger partial charge on any atom is 0.490 e. The number of piperidine rings is 1. The number of pyridine rings is 1. The Morgan fingerprint density at radius 1 is 1.35 bits per heavy atom. The summed E-state index contributed by atoms with van der Waals surface area (Å²) in [4.78, 5) is 27.6. The molecule has 0 unspecified atom stereocenters. The van der Waals surface area contributed by atoms with E-state index in [1.165, 1.54) is 4.31 Å². The number of amides is 1. The van der Waals surface area contributed by atoms with Crippen molar-refractivity contribution in [2.24, 2.45) is 5.92 Å². The zero-order chi connectivity index (χ0) is 23.2. The van der Waals surface area contributed by atoms with Gasteiger partial charge in [0.15, 0.2) is 0 Å².